The third-order valence-electron chi connectivity index (χ3n) is 9.40. The van der Waals surface area contributed by atoms with Gasteiger partial charge in [0.1, 0.15) is 0 Å². The molecule has 216 valence electrons. The molecule has 2 aromatic rings. The summed E-state index contributed by atoms with van der Waals surface area (Å²) in [5.41, 5.74) is 0.570. The zero-order valence-electron chi connectivity index (χ0n) is 22.2. The largest absolute Gasteiger partial charge is 0.381 e. The molecule has 3 aliphatic carbocycles. The number of fused-ring (bicyclic) bond motifs is 1. The fraction of sp³-hybridized carbons (Fsp3) is 0.571. The predicted molar refractivity (Wildman–Crippen MR) is 157 cm³/mol. The minimum atomic E-state index is -2.64. The number of pyridine rings is 1. The molecule has 40 heavy (non-hydrogen) atoms. The number of alkyl halides is 4. The number of hydrogen-bond acceptors (Lipinski definition) is 4. The van der Waals surface area contributed by atoms with Crippen molar-refractivity contribution in [1.29, 1.82) is 0 Å². The molecule has 6 rings (SSSR count). The van der Waals surface area contributed by atoms with Crippen LogP contribution < -0.4 is 16.2 Å². The number of hydrogen-bond donors (Lipinski definition) is 1. The first-order chi connectivity index (χ1) is 18.8. The van der Waals surface area contributed by atoms with Gasteiger partial charge in [-0.2, -0.15) is 0 Å². The Morgan fingerprint density at radius 2 is 1.80 bits per heavy atom. The van der Waals surface area contributed by atoms with Crippen molar-refractivity contribution in [3.8, 4) is 0 Å². The van der Waals surface area contributed by atoms with E-state index in [0.717, 1.165) is 13.1 Å². The molecule has 1 amide bonds. The number of carbonyl (C=O) groups is 1. The van der Waals surface area contributed by atoms with E-state index in [1.165, 1.54) is 19.8 Å². The maximum atomic E-state index is 14.0. The second-order valence-electron chi connectivity index (χ2n) is 12.3. The van der Waals surface area contributed by atoms with E-state index in [4.69, 9.17) is 0 Å². The molecule has 3 saturated carbocycles. The lowest BCUT2D eigenvalue weighted by Gasteiger charge is -2.57. The Bertz CT molecular complexity index is 1390. The van der Waals surface area contributed by atoms with Crippen LogP contribution in [0.2, 0.25) is 0 Å². The van der Waals surface area contributed by atoms with Crippen molar-refractivity contribution in [2.24, 2.45) is 17.3 Å². The van der Waals surface area contributed by atoms with Crippen molar-refractivity contribution < 1.29 is 22.4 Å². The Kier molecular flexibility index (Phi) is 7.05. The fourth-order valence-corrected chi connectivity index (χ4v) is 8.41. The number of benzene rings is 1. The number of likely N-dealkylation sites (tertiary alicyclic amines) is 1. The molecular weight excluding hydrogens is 658 g/mol. The van der Waals surface area contributed by atoms with Crippen molar-refractivity contribution in [3.63, 3.8) is 0 Å². The molecule has 4 aliphatic rings. The first kappa shape index (κ1) is 28.4. The minimum Gasteiger partial charge on any atom is -0.381 e. The molecule has 6 nitrogen and oxygen atoms in total. The van der Waals surface area contributed by atoms with Crippen molar-refractivity contribution in [2.75, 3.05) is 25.5 Å². The van der Waals surface area contributed by atoms with Gasteiger partial charge in [-0.1, -0.05) is 18.2 Å². The highest BCUT2D eigenvalue weighted by atomic mass is 127. The summed E-state index contributed by atoms with van der Waals surface area (Å²) in [5.74, 6) is -2.08. The summed E-state index contributed by atoms with van der Waals surface area (Å²) >= 11 is 1.91. The summed E-state index contributed by atoms with van der Waals surface area (Å²) in [6, 6.07) is 5.51. The Labute approximate surface area is 246 Å². The maximum Gasteiger partial charge on any atom is 0.266 e. The van der Waals surface area contributed by atoms with Gasteiger partial charge in [0.2, 0.25) is 5.92 Å². The smallest absolute Gasteiger partial charge is 0.266 e. The molecule has 12 heteroatoms. The predicted octanol–water partition coefficient (Wildman–Crippen LogP) is 5.56. The average molecular weight is 690 g/mol. The van der Waals surface area contributed by atoms with E-state index in [1.807, 2.05) is 22.9 Å². The quantitative estimate of drug-likeness (QED) is 0.179. The van der Waals surface area contributed by atoms with E-state index >= 15 is 0 Å². The maximum absolute atomic E-state index is 14.0. The summed E-state index contributed by atoms with van der Waals surface area (Å²) in [7, 11) is 4.44. The van der Waals surface area contributed by atoms with Crippen molar-refractivity contribution in [1.82, 2.24) is 12.6 Å². The molecule has 4 atom stereocenters. The molecule has 0 radical (unpaired) electrons. The topological polar surface area (TPSA) is 57.6 Å². The second-order valence-corrected chi connectivity index (χ2v) is 13.9. The molecule has 1 saturated heterocycles. The zero-order chi connectivity index (χ0) is 28.7. The van der Waals surface area contributed by atoms with Gasteiger partial charge in [-0.3, -0.25) is 12.7 Å². The monoisotopic (exact) mass is 690 g/mol. The molecule has 4 fully saturated rings. The van der Waals surface area contributed by atoms with Gasteiger partial charge in [0.05, 0.1) is 40.2 Å². The summed E-state index contributed by atoms with van der Waals surface area (Å²) in [5, 5.41) is 3.81. The van der Waals surface area contributed by atoms with Crippen molar-refractivity contribution >= 4 is 49.0 Å². The van der Waals surface area contributed by atoms with Crippen LogP contribution >= 0.6 is 32.1 Å². The number of carbonyl (C=O) groups excluding carboxylic acids is 1. The Morgan fingerprint density at radius 3 is 2.40 bits per heavy atom. The van der Waals surface area contributed by atoms with E-state index in [-0.39, 0.29) is 42.0 Å². The number of rotatable bonds is 7. The standard InChI is InChI=1S/C28H32F4IN4O2P/c1-14(16-4-3-5-17(24(16)40)25(29)30)37(33)26(39)20-11-36(15-7-27(8-15)12-28(31,32)13-27)22(38)6-21(20)34-23-18-9-35(2)10-19(18)23/h3-6,11,14-15,18-19,23,25,34H,7-10,12-13,40H2,1-2H3/t14-,18?,19?,23?/m1/s1. The van der Waals surface area contributed by atoms with Gasteiger partial charge >= 0.3 is 0 Å². The Hall–Kier alpha value is -1.72. The van der Waals surface area contributed by atoms with Crippen LogP contribution in [0, 0.1) is 17.3 Å². The lowest BCUT2D eigenvalue weighted by molar-refractivity contribution is -0.203. The number of halogens is 5. The van der Waals surface area contributed by atoms with Gasteiger partial charge in [-0.15, -0.1) is 9.24 Å². The summed E-state index contributed by atoms with van der Waals surface area (Å²) in [6.07, 6.45) is -0.392. The van der Waals surface area contributed by atoms with Crippen molar-refractivity contribution in [3.05, 3.63) is 57.5 Å². The van der Waals surface area contributed by atoms with Crippen LogP contribution in [0.5, 0.6) is 0 Å². The van der Waals surface area contributed by atoms with Crippen LogP contribution in [0.25, 0.3) is 0 Å². The first-order valence-electron chi connectivity index (χ1n) is 13.5. The number of anilines is 1. The minimum absolute atomic E-state index is 0.103. The molecule has 1 aromatic heterocycles. The molecule has 1 spiro atoms. The lowest BCUT2D eigenvalue weighted by atomic mass is 9.52. The number of nitrogens with zero attached hydrogens (tertiary/aromatic N) is 3. The molecule has 1 aliphatic heterocycles. The van der Waals surface area contributed by atoms with E-state index < -0.39 is 23.8 Å². The van der Waals surface area contributed by atoms with Crippen LogP contribution in [0.1, 0.15) is 72.6 Å². The lowest BCUT2D eigenvalue weighted by Crippen LogP contribution is -2.54. The normalized spacial score (nSPS) is 27.2. The molecule has 1 aromatic carbocycles. The third kappa shape index (κ3) is 4.87. The highest BCUT2D eigenvalue weighted by molar-refractivity contribution is 14.1. The van der Waals surface area contributed by atoms with Gasteiger partial charge < -0.3 is 14.8 Å². The van der Waals surface area contributed by atoms with Crippen LogP contribution in [0.15, 0.2) is 35.3 Å². The van der Waals surface area contributed by atoms with Crippen LogP contribution in [-0.2, 0) is 0 Å². The van der Waals surface area contributed by atoms with Gasteiger partial charge in [0, 0.05) is 55.8 Å². The number of nitrogens with one attached hydrogen (secondary N) is 1. The van der Waals surface area contributed by atoms with Gasteiger partial charge in [0.25, 0.3) is 17.9 Å². The SMILES string of the molecule is C[C@H](c1cccc(C(F)F)c1P)N(I)C(=O)c1cn(C2CC3(C2)CC(F)(F)C3)c(=O)cc1NC1C2CN(C)CC21. The number of aromatic nitrogens is 1. The summed E-state index contributed by atoms with van der Waals surface area (Å²) < 4.78 is 57.2. The highest BCUT2D eigenvalue weighted by Gasteiger charge is 2.62. The zero-order valence-corrected chi connectivity index (χ0v) is 25.5. The van der Waals surface area contributed by atoms with E-state index in [9.17, 15) is 27.2 Å². The van der Waals surface area contributed by atoms with E-state index in [1.54, 1.807) is 25.3 Å². The Morgan fingerprint density at radius 1 is 1.18 bits per heavy atom. The van der Waals surface area contributed by atoms with Crippen molar-refractivity contribution in [2.45, 2.75) is 63.1 Å². The summed E-state index contributed by atoms with van der Waals surface area (Å²) in [4.78, 5) is 29.5. The molecule has 3 unspecified atom stereocenters. The van der Waals surface area contributed by atoms with Gasteiger partial charge in [0.15, 0.2) is 0 Å². The third-order valence-corrected chi connectivity index (χ3v) is 11.3. The van der Waals surface area contributed by atoms with Gasteiger partial charge in [-0.25, -0.2) is 17.6 Å². The molecular formula is C28H32F4IN4O2P. The fourth-order valence-electron chi connectivity index (χ4n) is 7.29. The molecule has 0 bridgehead atoms. The van der Waals surface area contributed by atoms with E-state index in [2.05, 4.69) is 26.5 Å². The number of amides is 1. The Balaban J connectivity index is 1.29. The molecule has 1 N–H and O–H groups in total. The van der Waals surface area contributed by atoms with Crippen LogP contribution in [0.4, 0.5) is 23.2 Å². The van der Waals surface area contributed by atoms with Gasteiger partial charge in [-0.05, 0) is 54.9 Å². The first-order valence-corrected chi connectivity index (χ1v) is 15.1. The van der Waals surface area contributed by atoms with Crippen LogP contribution in [0.3, 0.4) is 0 Å². The van der Waals surface area contributed by atoms with E-state index in [0.29, 0.717) is 46.8 Å². The van der Waals surface area contributed by atoms with Crippen LogP contribution in [-0.4, -0.2) is 50.6 Å². The molecule has 2 heterocycles. The number of piperidine rings is 1. The second kappa shape index (κ2) is 9.93. The highest BCUT2D eigenvalue weighted by Crippen LogP contribution is 2.65. The average Bonchev–Trinajstić information content (AvgIpc) is 3.29. The summed E-state index contributed by atoms with van der Waals surface area (Å²) in [6.45, 7) is 3.67.